The van der Waals surface area contributed by atoms with Crippen LogP contribution in [0.3, 0.4) is 0 Å². The highest BCUT2D eigenvalue weighted by molar-refractivity contribution is 6.04. The van der Waals surface area contributed by atoms with Crippen LogP contribution in [-0.2, 0) is 12.8 Å². The van der Waals surface area contributed by atoms with E-state index in [4.69, 9.17) is 0 Å². The Morgan fingerprint density at radius 1 is 0.780 bits per heavy atom. The fraction of sp³-hybridized carbons (Fsp3) is 0.257. The fourth-order valence-electron chi connectivity index (χ4n) is 5.45. The van der Waals surface area contributed by atoms with Crippen LogP contribution < -0.4 is 20.9 Å². The standard InChI is InChI=1S/C35H38N4O2/c1-26-10-8-9-15-32(26)38-35(41)37-30-16-17-33(31(25-30)34(40)36-21-18-27-11-4-2-5-12-27)39-22-19-29(20-23-39)24-28-13-6-3-7-14-28/h2-17,25,29H,18-24H2,1H3,(H,36,40)(H2,37,38,41). The number of piperidine rings is 1. The van der Waals surface area contributed by atoms with Crippen LogP contribution in [-0.4, -0.2) is 31.6 Å². The number of urea groups is 1. The largest absolute Gasteiger partial charge is 0.371 e. The molecular weight excluding hydrogens is 508 g/mol. The molecule has 5 rings (SSSR count). The number of benzene rings is 4. The molecule has 3 amide bonds. The van der Waals surface area contributed by atoms with E-state index >= 15 is 0 Å². The normalized spacial score (nSPS) is 13.4. The van der Waals surface area contributed by atoms with Crippen LogP contribution in [0.4, 0.5) is 21.9 Å². The van der Waals surface area contributed by atoms with Gasteiger partial charge in [0.1, 0.15) is 0 Å². The Morgan fingerprint density at radius 2 is 1.44 bits per heavy atom. The zero-order chi connectivity index (χ0) is 28.4. The van der Waals surface area contributed by atoms with Crippen LogP contribution in [0.1, 0.15) is 39.9 Å². The minimum Gasteiger partial charge on any atom is -0.371 e. The Hall–Kier alpha value is -4.58. The van der Waals surface area contributed by atoms with Gasteiger partial charge in [-0.15, -0.1) is 0 Å². The molecule has 3 N–H and O–H groups in total. The van der Waals surface area contributed by atoms with Gasteiger partial charge in [-0.1, -0.05) is 78.9 Å². The summed E-state index contributed by atoms with van der Waals surface area (Å²) in [6, 6.07) is 33.7. The van der Waals surface area contributed by atoms with Crippen LogP contribution in [0.5, 0.6) is 0 Å². The number of carbonyl (C=O) groups excluding carboxylic acids is 2. The van der Waals surface area contributed by atoms with Crippen molar-refractivity contribution in [2.75, 3.05) is 35.2 Å². The minimum atomic E-state index is -0.343. The van der Waals surface area contributed by atoms with Crippen LogP contribution in [0, 0.1) is 12.8 Å². The number of nitrogens with one attached hydrogen (secondary N) is 3. The molecule has 0 aliphatic carbocycles. The van der Waals surface area contributed by atoms with Crippen molar-refractivity contribution in [2.45, 2.75) is 32.6 Å². The van der Waals surface area contributed by atoms with E-state index in [1.54, 1.807) is 6.07 Å². The van der Waals surface area contributed by atoms with Gasteiger partial charge in [0.15, 0.2) is 0 Å². The van der Waals surface area contributed by atoms with E-state index in [0.717, 1.165) is 55.7 Å². The van der Waals surface area contributed by atoms with E-state index in [0.29, 0.717) is 23.7 Å². The molecule has 0 bridgehead atoms. The van der Waals surface area contributed by atoms with E-state index in [2.05, 4.69) is 63.3 Å². The average molecular weight is 547 g/mol. The number of para-hydroxylation sites is 1. The van der Waals surface area contributed by atoms with Gasteiger partial charge in [0, 0.05) is 36.7 Å². The molecule has 1 saturated heterocycles. The third-order valence-electron chi connectivity index (χ3n) is 7.76. The number of nitrogens with zero attached hydrogens (tertiary/aromatic N) is 1. The molecule has 0 aromatic heterocycles. The Morgan fingerprint density at radius 3 is 2.15 bits per heavy atom. The summed E-state index contributed by atoms with van der Waals surface area (Å²) in [4.78, 5) is 28.6. The number of rotatable bonds is 9. The molecule has 1 fully saturated rings. The van der Waals surface area contributed by atoms with Gasteiger partial charge >= 0.3 is 6.03 Å². The van der Waals surface area contributed by atoms with Crippen LogP contribution >= 0.6 is 0 Å². The lowest BCUT2D eigenvalue weighted by Crippen LogP contribution is -2.36. The number of carbonyl (C=O) groups is 2. The number of amides is 3. The number of hydrogen-bond donors (Lipinski definition) is 3. The van der Waals surface area contributed by atoms with Gasteiger partial charge in [0.05, 0.1) is 5.56 Å². The summed E-state index contributed by atoms with van der Waals surface area (Å²) in [5.41, 5.74) is 6.34. The predicted octanol–water partition coefficient (Wildman–Crippen LogP) is 7.07. The third kappa shape index (κ3) is 7.76. The molecule has 1 heterocycles. The summed E-state index contributed by atoms with van der Waals surface area (Å²) in [6.07, 6.45) is 3.98. The van der Waals surface area contributed by atoms with Gasteiger partial charge in [-0.2, -0.15) is 0 Å². The highest BCUT2D eigenvalue weighted by Gasteiger charge is 2.24. The first-order chi connectivity index (χ1) is 20.0. The highest BCUT2D eigenvalue weighted by Crippen LogP contribution is 2.30. The Bertz CT molecular complexity index is 1450. The van der Waals surface area contributed by atoms with E-state index in [1.165, 1.54) is 11.1 Å². The lowest BCUT2D eigenvalue weighted by atomic mass is 9.89. The molecule has 0 radical (unpaired) electrons. The fourth-order valence-corrected chi connectivity index (χ4v) is 5.45. The van der Waals surface area contributed by atoms with Crippen LogP contribution in [0.2, 0.25) is 0 Å². The molecule has 0 spiro atoms. The summed E-state index contributed by atoms with van der Waals surface area (Å²) in [5, 5.41) is 8.91. The number of anilines is 3. The van der Waals surface area contributed by atoms with E-state index in [1.807, 2.05) is 61.5 Å². The first-order valence-corrected chi connectivity index (χ1v) is 14.4. The molecule has 4 aromatic carbocycles. The van der Waals surface area contributed by atoms with Crippen molar-refractivity contribution in [3.8, 4) is 0 Å². The van der Waals surface area contributed by atoms with Gasteiger partial charge in [0.2, 0.25) is 0 Å². The summed E-state index contributed by atoms with van der Waals surface area (Å²) in [5.74, 6) is 0.494. The summed E-state index contributed by atoms with van der Waals surface area (Å²) in [6.45, 7) is 4.27. The highest BCUT2D eigenvalue weighted by atomic mass is 16.2. The van der Waals surface area contributed by atoms with Crippen molar-refractivity contribution in [1.82, 2.24) is 5.32 Å². The Kier molecular flexibility index (Phi) is 9.32. The maximum atomic E-state index is 13.5. The summed E-state index contributed by atoms with van der Waals surface area (Å²) >= 11 is 0. The second-order valence-corrected chi connectivity index (χ2v) is 10.7. The van der Waals surface area contributed by atoms with Crippen LogP contribution in [0.15, 0.2) is 103 Å². The van der Waals surface area contributed by atoms with Gasteiger partial charge in [-0.3, -0.25) is 4.79 Å². The zero-order valence-corrected chi connectivity index (χ0v) is 23.6. The number of aryl methyl sites for hydroxylation is 1. The van der Waals surface area contributed by atoms with E-state index in [9.17, 15) is 9.59 Å². The van der Waals surface area contributed by atoms with Gasteiger partial charge in [0.25, 0.3) is 5.91 Å². The van der Waals surface area contributed by atoms with Crippen molar-refractivity contribution in [3.63, 3.8) is 0 Å². The van der Waals surface area contributed by atoms with Crippen molar-refractivity contribution in [2.24, 2.45) is 5.92 Å². The molecule has 4 aromatic rings. The van der Waals surface area contributed by atoms with Gasteiger partial charge in [-0.05, 0) is 79.5 Å². The maximum absolute atomic E-state index is 13.5. The minimum absolute atomic E-state index is 0.134. The Labute approximate surface area is 242 Å². The molecule has 210 valence electrons. The molecule has 1 aliphatic rings. The van der Waals surface area contributed by atoms with Gasteiger partial charge in [-0.25, -0.2) is 4.79 Å². The molecule has 6 heteroatoms. The van der Waals surface area contributed by atoms with Crippen molar-refractivity contribution < 1.29 is 9.59 Å². The number of hydrogen-bond acceptors (Lipinski definition) is 3. The lowest BCUT2D eigenvalue weighted by molar-refractivity contribution is 0.0954. The summed E-state index contributed by atoms with van der Waals surface area (Å²) < 4.78 is 0. The van der Waals surface area contributed by atoms with Crippen molar-refractivity contribution >= 4 is 29.0 Å². The quantitative estimate of drug-likeness (QED) is 0.210. The second-order valence-electron chi connectivity index (χ2n) is 10.7. The molecule has 1 aliphatic heterocycles. The molecular formula is C35H38N4O2. The first kappa shape index (κ1) is 28.0. The zero-order valence-electron chi connectivity index (χ0n) is 23.6. The molecule has 0 unspecified atom stereocenters. The molecule has 0 saturated carbocycles. The average Bonchev–Trinajstić information content (AvgIpc) is 3.00. The predicted molar refractivity (Wildman–Crippen MR) is 168 cm³/mol. The smallest absolute Gasteiger partial charge is 0.323 e. The third-order valence-corrected chi connectivity index (χ3v) is 7.76. The second kappa shape index (κ2) is 13.7. The van der Waals surface area contributed by atoms with Crippen LogP contribution in [0.25, 0.3) is 0 Å². The lowest BCUT2D eigenvalue weighted by Gasteiger charge is -2.35. The van der Waals surface area contributed by atoms with Crippen molar-refractivity contribution in [1.29, 1.82) is 0 Å². The Balaban J connectivity index is 1.28. The topological polar surface area (TPSA) is 73.5 Å². The SMILES string of the molecule is Cc1ccccc1NC(=O)Nc1ccc(N2CCC(Cc3ccccc3)CC2)c(C(=O)NCCc2ccccc2)c1. The maximum Gasteiger partial charge on any atom is 0.323 e. The molecule has 41 heavy (non-hydrogen) atoms. The van der Waals surface area contributed by atoms with Gasteiger partial charge < -0.3 is 20.9 Å². The first-order valence-electron chi connectivity index (χ1n) is 14.4. The summed E-state index contributed by atoms with van der Waals surface area (Å²) in [7, 11) is 0. The van der Waals surface area contributed by atoms with Crippen molar-refractivity contribution in [3.05, 3.63) is 125 Å². The molecule has 0 atom stereocenters. The van der Waals surface area contributed by atoms with E-state index < -0.39 is 0 Å². The molecule has 6 nitrogen and oxygen atoms in total. The van der Waals surface area contributed by atoms with E-state index in [-0.39, 0.29) is 11.9 Å². The monoisotopic (exact) mass is 546 g/mol.